The molecule has 1 aliphatic heterocycles. The number of carbonyl (C=O) groups excluding carboxylic acids is 3. The van der Waals surface area contributed by atoms with Gasteiger partial charge in [-0.15, -0.1) is 11.3 Å². The molecule has 0 radical (unpaired) electrons. The highest BCUT2D eigenvalue weighted by Crippen LogP contribution is 2.38. The number of hydrogen-bond acceptors (Lipinski definition) is 6. The van der Waals surface area contributed by atoms with Gasteiger partial charge in [0.2, 0.25) is 5.91 Å². The van der Waals surface area contributed by atoms with Crippen molar-refractivity contribution in [2.45, 2.75) is 25.7 Å². The van der Waals surface area contributed by atoms with E-state index in [0.717, 1.165) is 47.9 Å². The smallest absolute Gasteiger partial charge is 0.266 e. The molecule has 2 aliphatic rings. The fourth-order valence-corrected chi connectivity index (χ4v) is 6.69. The van der Waals surface area contributed by atoms with Crippen molar-refractivity contribution in [1.29, 1.82) is 0 Å². The van der Waals surface area contributed by atoms with Gasteiger partial charge in [0, 0.05) is 20.5 Å². The summed E-state index contributed by atoms with van der Waals surface area (Å²) in [6, 6.07) is 5.05. The number of fused-ring (bicyclic) bond motifs is 1. The van der Waals surface area contributed by atoms with Crippen LogP contribution < -0.4 is 11.1 Å². The normalized spacial score (nSPS) is 17.1. The zero-order valence-corrected chi connectivity index (χ0v) is 20.5. The van der Waals surface area contributed by atoms with E-state index in [9.17, 15) is 14.4 Å². The van der Waals surface area contributed by atoms with E-state index in [-0.39, 0.29) is 10.9 Å². The number of primary amides is 1. The number of hydrogen-bond donors (Lipinski definition) is 2. The second kappa shape index (κ2) is 9.52. The molecule has 3 N–H and O–H groups in total. The average molecular weight is 526 g/mol. The number of carbonyl (C=O) groups is 3. The van der Waals surface area contributed by atoms with E-state index in [0.29, 0.717) is 31.1 Å². The number of nitrogens with zero attached hydrogens (tertiary/aromatic N) is 1. The fourth-order valence-electron chi connectivity index (χ4n) is 3.64. The van der Waals surface area contributed by atoms with E-state index in [4.69, 9.17) is 41.2 Å². The minimum Gasteiger partial charge on any atom is -0.365 e. The molecule has 1 aromatic heterocycles. The summed E-state index contributed by atoms with van der Waals surface area (Å²) in [5.41, 5.74) is 7.39. The van der Waals surface area contributed by atoms with Crippen molar-refractivity contribution in [2.24, 2.45) is 5.73 Å². The van der Waals surface area contributed by atoms with Crippen molar-refractivity contribution in [3.63, 3.8) is 0 Å². The Labute approximate surface area is 208 Å². The molecule has 0 saturated carbocycles. The summed E-state index contributed by atoms with van der Waals surface area (Å²) in [6.45, 7) is -0.279. The molecule has 2 aromatic rings. The zero-order chi connectivity index (χ0) is 23.0. The summed E-state index contributed by atoms with van der Waals surface area (Å²) in [5.74, 6) is -1.43. The maximum absolute atomic E-state index is 12.9. The maximum Gasteiger partial charge on any atom is 0.266 e. The summed E-state index contributed by atoms with van der Waals surface area (Å²) in [6.07, 6.45) is 5.22. The molecule has 1 saturated heterocycles. The molecule has 1 aromatic carbocycles. The Morgan fingerprint density at radius 2 is 1.91 bits per heavy atom. The highest BCUT2D eigenvalue weighted by atomic mass is 35.5. The van der Waals surface area contributed by atoms with Gasteiger partial charge in [-0.3, -0.25) is 19.3 Å². The highest BCUT2D eigenvalue weighted by Gasteiger charge is 2.34. The summed E-state index contributed by atoms with van der Waals surface area (Å²) in [5, 5.41) is 3.99. The first kappa shape index (κ1) is 23.3. The Hall–Kier alpha value is -1.91. The van der Waals surface area contributed by atoms with Crippen LogP contribution >= 0.6 is 58.5 Å². The molecular weight excluding hydrogens is 509 g/mol. The third-order valence-corrected chi connectivity index (χ3v) is 8.37. The number of thiophene rings is 1. The number of benzene rings is 1. The van der Waals surface area contributed by atoms with E-state index in [1.54, 1.807) is 24.3 Å². The van der Waals surface area contributed by atoms with Gasteiger partial charge in [-0.25, -0.2) is 0 Å². The van der Waals surface area contributed by atoms with Crippen LogP contribution in [-0.2, 0) is 22.4 Å². The minimum absolute atomic E-state index is 0.250. The van der Waals surface area contributed by atoms with E-state index < -0.39 is 17.7 Å². The lowest BCUT2D eigenvalue weighted by Gasteiger charge is -2.14. The molecule has 1 fully saturated rings. The molecule has 0 unspecified atom stereocenters. The van der Waals surface area contributed by atoms with Crippen molar-refractivity contribution in [1.82, 2.24) is 4.90 Å². The average Bonchev–Trinajstić information content (AvgIpc) is 3.22. The van der Waals surface area contributed by atoms with Crippen LogP contribution in [0.1, 0.15) is 39.2 Å². The summed E-state index contributed by atoms with van der Waals surface area (Å²) >= 11 is 20.1. The molecule has 166 valence electrons. The first-order valence-corrected chi connectivity index (χ1v) is 12.5. The van der Waals surface area contributed by atoms with E-state index in [2.05, 4.69) is 5.32 Å². The van der Waals surface area contributed by atoms with Crippen LogP contribution in [0.4, 0.5) is 5.00 Å². The predicted octanol–water partition coefficient (Wildman–Crippen LogP) is 4.87. The molecule has 0 bridgehead atoms. The second-order valence-electron chi connectivity index (χ2n) is 7.23. The lowest BCUT2D eigenvalue weighted by molar-refractivity contribution is -0.126. The number of anilines is 1. The van der Waals surface area contributed by atoms with Crippen LogP contribution in [0.15, 0.2) is 23.1 Å². The Balaban J connectivity index is 1.52. The van der Waals surface area contributed by atoms with Crippen LogP contribution in [0.3, 0.4) is 0 Å². The first-order chi connectivity index (χ1) is 15.3. The number of rotatable bonds is 5. The second-order valence-corrected chi connectivity index (χ2v) is 10.8. The number of halogens is 2. The molecule has 2 heterocycles. The Morgan fingerprint density at radius 1 is 1.22 bits per heavy atom. The minimum atomic E-state index is -0.565. The van der Waals surface area contributed by atoms with Gasteiger partial charge in [-0.2, -0.15) is 0 Å². The van der Waals surface area contributed by atoms with Crippen LogP contribution in [0.2, 0.25) is 10.0 Å². The van der Waals surface area contributed by atoms with Gasteiger partial charge in [-0.05, 0) is 49.5 Å². The lowest BCUT2D eigenvalue weighted by Crippen LogP contribution is -2.36. The standard InChI is InChI=1S/C21H17Cl2N3O3S3/c22-12-5-3-6-13(23)11(12)8-15-20(29)26(21(30)32-15)9-16(27)25-19-17(18(24)28)10-4-1-2-7-14(10)31-19/h3,5-6,8H,1-2,4,7,9H2,(H2,24,28)(H,25,27). The number of thiocarbonyl (C=S) groups is 1. The monoisotopic (exact) mass is 525 g/mol. The maximum atomic E-state index is 12.9. The summed E-state index contributed by atoms with van der Waals surface area (Å²) < 4.78 is 0.250. The van der Waals surface area contributed by atoms with E-state index in [1.807, 2.05) is 0 Å². The van der Waals surface area contributed by atoms with Gasteiger partial charge >= 0.3 is 0 Å². The topological polar surface area (TPSA) is 92.5 Å². The molecule has 11 heteroatoms. The quantitative estimate of drug-likeness (QED) is 0.428. The third kappa shape index (κ3) is 4.58. The molecule has 4 rings (SSSR count). The SMILES string of the molecule is NC(=O)c1c(NC(=O)CN2C(=O)C(=Cc3c(Cl)cccc3Cl)SC2=S)sc2c1CCCC2. The highest BCUT2D eigenvalue weighted by molar-refractivity contribution is 8.26. The molecule has 3 amide bonds. The molecular formula is C21H17Cl2N3O3S3. The van der Waals surface area contributed by atoms with Crippen LogP contribution in [0, 0.1) is 0 Å². The Kier molecular flexibility index (Phi) is 6.92. The molecule has 0 atom stereocenters. The molecule has 6 nitrogen and oxygen atoms in total. The number of thioether (sulfide) groups is 1. The molecule has 0 spiro atoms. The first-order valence-electron chi connectivity index (χ1n) is 9.70. The van der Waals surface area contributed by atoms with Crippen molar-refractivity contribution in [3.8, 4) is 0 Å². The molecule has 1 aliphatic carbocycles. The van der Waals surface area contributed by atoms with E-state index >= 15 is 0 Å². The van der Waals surface area contributed by atoms with Gasteiger partial charge in [0.25, 0.3) is 11.8 Å². The van der Waals surface area contributed by atoms with Gasteiger partial charge in [0.05, 0.1) is 10.5 Å². The summed E-state index contributed by atoms with van der Waals surface area (Å²) in [7, 11) is 0. The van der Waals surface area contributed by atoms with E-state index in [1.165, 1.54) is 16.2 Å². The van der Waals surface area contributed by atoms with Gasteiger partial charge in [0.15, 0.2) is 0 Å². The summed E-state index contributed by atoms with van der Waals surface area (Å²) in [4.78, 5) is 40.2. The number of aryl methyl sites for hydroxylation is 1. The zero-order valence-electron chi connectivity index (χ0n) is 16.6. The third-order valence-electron chi connectivity index (χ3n) is 5.12. The van der Waals surface area contributed by atoms with Crippen LogP contribution in [0.5, 0.6) is 0 Å². The van der Waals surface area contributed by atoms with Gasteiger partial charge < -0.3 is 11.1 Å². The largest absolute Gasteiger partial charge is 0.365 e. The van der Waals surface area contributed by atoms with Crippen molar-refractivity contribution >= 4 is 91.6 Å². The number of amides is 3. The number of nitrogens with one attached hydrogen (secondary N) is 1. The molecule has 32 heavy (non-hydrogen) atoms. The van der Waals surface area contributed by atoms with Crippen molar-refractivity contribution in [2.75, 3.05) is 11.9 Å². The van der Waals surface area contributed by atoms with Gasteiger partial charge in [0.1, 0.15) is 15.9 Å². The Bertz CT molecular complexity index is 1170. The van der Waals surface area contributed by atoms with Gasteiger partial charge in [-0.1, -0.05) is 53.2 Å². The fraction of sp³-hybridized carbons (Fsp3) is 0.238. The van der Waals surface area contributed by atoms with Crippen molar-refractivity contribution < 1.29 is 14.4 Å². The van der Waals surface area contributed by atoms with Crippen molar-refractivity contribution in [3.05, 3.63) is 54.7 Å². The number of nitrogens with two attached hydrogens (primary N) is 1. The Morgan fingerprint density at radius 3 is 2.59 bits per heavy atom. The lowest BCUT2D eigenvalue weighted by atomic mass is 9.95. The van der Waals surface area contributed by atoms with Crippen LogP contribution in [-0.4, -0.2) is 33.5 Å². The predicted molar refractivity (Wildman–Crippen MR) is 134 cm³/mol. The van der Waals surface area contributed by atoms with Crippen LogP contribution in [0.25, 0.3) is 6.08 Å².